The predicted octanol–water partition coefficient (Wildman–Crippen LogP) is 1.60. The van der Waals surface area contributed by atoms with E-state index in [2.05, 4.69) is 22.4 Å². The van der Waals surface area contributed by atoms with Crippen LogP contribution >= 0.6 is 0 Å². The fourth-order valence-corrected chi connectivity index (χ4v) is 1.56. The molecule has 0 bridgehead atoms. The number of nitrogens with one attached hydrogen (secondary N) is 1. The number of para-hydroxylation sites is 1. The van der Waals surface area contributed by atoms with E-state index in [1.165, 1.54) is 5.56 Å². The van der Waals surface area contributed by atoms with Gasteiger partial charge in [0, 0.05) is 18.9 Å². The molecule has 0 amide bonds. The Labute approximate surface area is 95.1 Å². The summed E-state index contributed by atoms with van der Waals surface area (Å²) >= 11 is 0. The summed E-state index contributed by atoms with van der Waals surface area (Å²) in [4.78, 5) is 0. The number of benzene rings is 1. The molecule has 0 saturated carbocycles. The zero-order chi connectivity index (χ0) is 11.2. The van der Waals surface area contributed by atoms with E-state index >= 15 is 0 Å². The van der Waals surface area contributed by atoms with Crippen LogP contribution in [0.1, 0.15) is 5.56 Å². The molecule has 2 aromatic rings. The predicted molar refractivity (Wildman–Crippen MR) is 64.1 cm³/mol. The van der Waals surface area contributed by atoms with Crippen LogP contribution in [0.4, 0.5) is 0 Å². The van der Waals surface area contributed by atoms with E-state index < -0.39 is 0 Å². The maximum absolute atomic E-state index is 5.20. The molecule has 0 spiro atoms. The molecule has 0 saturated heterocycles. The average Bonchev–Trinajstić information content (AvgIpc) is 2.83. The van der Waals surface area contributed by atoms with Crippen LogP contribution in [0.15, 0.2) is 42.7 Å². The van der Waals surface area contributed by atoms with Gasteiger partial charge >= 0.3 is 0 Å². The van der Waals surface area contributed by atoms with E-state index in [0.29, 0.717) is 6.54 Å². The van der Waals surface area contributed by atoms with Gasteiger partial charge in [0.05, 0.1) is 12.2 Å². The van der Waals surface area contributed by atoms with E-state index in [1.807, 2.05) is 35.1 Å². The van der Waals surface area contributed by atoms with Crippen LogP contribution in [0.3, 0.4) is 0 Å². The van der Waals surface area contributed by atoms with Gasteiger partial charge in [-0.2, -0.15) is 5.10 Å². The molecule has 16 heavy (non-hydrogen) atoms. The second kappa shape index (κ2) is 5.15. The third kappa shape index (κ3) is 2.30. The normalized spacial score (nSPS) is 9.94. The van der Waals surface area contributed by atoms with Crippen LogP contribution in [0.25, 0.3) is 5.69 Å². The topological polar surface area (TPSA) is 29.9 Å². The van der Waals surface area contributed by atoms with Crippen molar-refractivity contribution in [2.75, 3.05) is 6.54 Å². The summed E-state index contributed by atoms with van der Waals surface area (Å²) in [5, 5.41) is 7.40. The highest BCUT2D eigenvalue weighted by atomic mass is 15.3. The summed E-state index contributed by atoms with van der Waals surface area (Å²) in [5.74, 6) is 2.56. The molecule has 1 aromatic heterocycles. The fourth-order valence-electron chi connectivity index (χ4n) is 1.56. The van der Waals surface area contributed by atoms with Crippen molar-refractivity contribution < 1.29 is 0 Å². The van der Waals surface area contributed by atoms with Gasteiger partial charge in [-0.05, 0) is 17.7 Å². The Hall–Kier alpha value is -2.05. The molecule has 0 radical (unpaired) electrons. The quantitative estimate of drug-likeness (QED) is 0.615. The highest BCUT2D eigenvalue weighted by Crippen LogP contribution is 2.12. The largest absolute Gasteiger partial charge is 0.302 e. The number of hydrogen-bond donors (Lipinski definition) is 1. The minimum absolute atomic E-state index is 0.577. The molecule has 3 nitrogen and oxygen atoms in total. The summed E-state index contributed by atoms with van der Waals surface area (Å²) in [7, 11) is 0. The second-order valence-electron chi connectivity index (χ2n) is 3.39. The van der Waals surface area contributed by atoms with Gasteiger partial charge in [0.15, 0.2) is 0 Å². The van der Waals surface area contributed by atoms with E-state index in [1.54, 1.807) is 6.20 Å². The molecule has 1 heterocycles. The number of hydrogen-bond acceptors (Lipinski definition) is 2. The fraction of sp³-hybridized carbons (Fsp3) is 0.154. The van der Waals surface area contributed by atoms with Crippen molar-refractivity contribution in [2.24, 2.45) is 0 Å². The molecule has 80 valence electrons. The Bertz CT molecular complexity index is 480. The summed E-state index contributed by atoms with van der Waals surface area (Å²) in [5.41, 5.74) is 2.26. The standard InChI is InChI=1S/C13H13N3/c1-2-8-14-11-12-6-3-4-7-13(12)16-10-5-9-15-16/h1,3-7,9-10,14H,8,11H2. The van der Waals surface area contributed by atoms with Gasteiger partial charge < -0.3 is 5.32 Å². The van der Waals surface area contributed by atoms with Gasteiger partial charge in [-0.25, -0.2) is 4.68 Å². The number of rotatable bonds is 4. The molecule has 0 aliphatic rings. The first-order valence-corrected chi connectivity index (χ1v) is 5.14. The molecule has 0 aliphatic carbocycles. The first kappa shape index (κ1) is 10.5. The highest BCUT2D eigenvalue weighted by molar-refractivity contribution is 5.40. The summed E-state index contributed by atoms with van der Waals surface area (Å²) in [6.07, 6.45) is 8.90. The van der Waals surface area contributed by atoms with Crippen molar-refractivity contribution >= 4 is 0 Å². The Balaban J connectivity index is 2.22. The molecule has 0 atom stereocenters. The van der Waals surface area contributed by atoms with Crippen LogP contribution in [0.5, 0.6) is 0 Å². The van der Waals surface area contributed by atoms with Crippen molar-refractivity contribution in [2.45, 2.75) is 6.54 Å². The van der Waals surface area contributed by atoms with Crippen LogP contribution < -0.4 is 5.32 Å². The molecule has 0 unspecified atom stereocenters. The minimum atomic E-state index is 0.577. The van der Waals surface area contributed by atoms with Crippen molar-refractivity contribution in [3.63, 3.8) is 0 Å². The van der Waals surface area contributed by atoms with E-state index in [4.69, 9.17) is 6.42 Å². The molecule has 3 heteroatoms. The number of terminal acetylenes is 1. The molecule has 1 N–H and O–H groups in total. The lowest BCUT2D eigenvalue weighted by atomic mass is 10.2. The van der Waals surface area contributed by atoms with Crippen LogP contribution in [0, 0.1) is 12.3 Å². The van der Waals surface area contributed by atoms with Gasteiger partial charge in [0.25, 0.3) is 0 Å². The summed E-state index contributed by atoms with van der Waals surface area (Å²) in [6.45, 7) is 1.33. The zero-order valence-corrected chi connectivity index (χ0v) is 8.93. The maximum Gasteiger partial charge on any atom is 0.0690 e. The average molecular weight is 211 g/mol. The Kier molecular flexibility index (Phi) is 3.37. The van der Waals surface area contributed by atoms with E-state index in [9.17, 15) is 0 Å². The minimum Gasteiger partial charge on any atom is -0.302 e. The SMILES string of the molecule is C#CCNCc1ccccc1-n1cccn1. The van der Waals surface area contributed by atoms with Crippen molar-refractivity contribution in [1.82, 2.24) is 15.1 Å². The van der Waals surface area contributed by atoms with Crippen molar-refractivity contribution in [3.05, 3.63) is 48.3 Å². The van der Waals surface area contributed by atoms with Gasteiger partial charge in [-0.1, -0.05) is 24.1 Å². The highest BCUT2D eigenvalue weighted by Gasteiger charge is 2.02. The lowest BCUT2D eigenvalue weighted by molar-refractivity contribution is 0.754. The molecule has 1 aromatic carbocycles. The maximum atomic E-state index is 5.20. The number of aromatic nitrogens is 2. The third-order valence-electron chi connectivity index (χ3n) is 2.29. The second-order valence-corrected chi connectivity index (χ2v) is 3.39. The van der Waals surface area contributed by atoms with Gasteiger partial charge in [-0.15, -0.1) is 6.42 Å². The van der Waals surface area contributed by atoms with Gasteiger partial charge in [0.2, 0.25) is 0 Å². The molecule has 2 rings (SSSR count). The van der Waals surface area contributed by atoms with Crippen LogP contribution in [0.2, 0.25) is 0 Å². The van der Waals surface area contributed by atoms with Crippen LogP contribution in [-0.2, 0) is 6.54 Å². The third-order valence-corrected chi connectivity index (χ3v) is 2.29. The Morgan fingerprint density at radius 1 is 1.31 bits per heavy atom. The lowest BCUT2D eigenvalue weighted by Gasteiger charge is -2.09. The van der Waals surface area contributed by atoms with Gasteiger partial charge in [-0.3, -0.25) is 0 Å². The van der Waals surface area contributed by atoms with Gasteiger partial charge in [0.1, 0.15) is 0 Å². The summed E-state index contributed by atoms with van der Waals surface area (Å²) < 4.78 is 1.85. The Morgan fingerprint density at radius 2 is 2.19 bits per heavy atom. The first-order chi connectivity index (χ1) is 7.92. The zero-order valence-electron chi connectivity index (χ0n) is 8.93. The number of nitrogens with zero attached hydrogens (tertiary/aromatic N) is 2. The van der Waals surface area contributed by atoms with E-state index in [0.717, 1.165) is 12.2 Å². The van der Waals surface area contributed by atoms with Crippen molar-refractivity contribution in [3.8, 4) is 18.0 Å². The summed E-state index contributed by atoms with van der Waals surface area (Å²) in [6, 6.07) is 10.0. The van der Waals surface area contributed by atoms with E-state index in [-0.39, 0.29) is 0 Å². The van der Waals surface area contributed by atoms with Crippen LogP contribution in [-0.4, -0.2) is 16.3 Å². The lowest BCUT2D eigenvalue weighted by Crippen LogP contribution is -2.15. The first-order valence-electron chi connectivity index (χ1n) is 5.14. The molecule has 0 aliphatic heterocycles. The smallest absolute Gasteiger partial charge is 0.0690 e. The molecular weight excluding hydrogens is 198 g/mol. The molecule has 0 fully saturated rings. The van der Waals surface area contributed by atoms with Crippen molar-refractivity contribution in [1.29, 1.82) is 0 Å². The monoisotopic (exact) mass is 211 g/mol. The molecular formula is C13H13N3. The Morgan fingerprint density at radius 3 is 2.94 bits per heavy atom.